The van der Waals surface area contributed by atoms with Gasteiger partial charge in [-0.3, -0.25) is 14.6 Å². The van der Waals surface area contributed by atoms with Crippen LogP contribution in [0, 0.1) is 5.82 Å². The number of benzene rings is 2. The molecule has 1 saturated heterocycles. The zero-order valence-electron chi connectivity index (χ0n) is 14.0. The minimum atomic E-state index is -3.61. The van der Waals surface area contributed by atoms with Gasteiger partial charge in [-0.1, -0.05) is 18.2 Å². The standard InChI is InChI=1S/C18H17FN2O4S/c1-13-17(22)20(11-12-26(24,25)16-5-3-2-4-6-16)18(23)21(13)15-9-7-14(19)8-10-15/h2-10,13H,11-12H2,1H3. The highest BCUT2D eigenvalue weighted by Crippen LogP contribution is 2.26. The van der Waals surface area contributed by atoms with E-state index in [0.717, 1.165) is 4.90 Å². The molecule has 2 aromatic rings. The minimum absolute atomic E-state index is 0.141. The van der Waals surface area contributed by atoms with Gasteiger partial charge in [0.15, 0.2) is 9.84 Å². The van der Waals surface area contributed by atoms with Crippen LogP contribution in [0.15, 0.2) is 59.5 Å². The van der Waals surface area contributed by atoms with Crippen molar-refractivity contribution in [1.82, 2.24) is 4.90 Å². The topological polar surface area (TPSA) is 74.8 Å². The fourth-order valence-corrected chi connectivity index (χ4v) is 4.06. The highest BCUT2D eigenvalue weighted by atomic mass is 32.2. The van der Waals surface area contributed by atoms with Crippen molar-refractivity contribution in [2.75, 3.05) is 17.2 Å². The Balaban J connectivity index is 1.78. The maximum absolute atomic E-state index is 13.1. The summed E-state index contributed by atoms with van der Waals surface area (Å²) in [7, 11) is -3.61. The van der Waals surface area contributed by atoms with Gasteiger partial charge in [0.1, 0.15) is 11.9 Å². The molecule has 2 aromatic carbocycles. The van der Waals surface area contributed by atoms with Gasteiger partial charge < -0.3 is 0 Å². The molecule has 26 heavy (non-hydrogen) atoms. The molecule has 1 fully saturated rings. The first-order valence-electron chi connectivity index (χ1n) is 7.99. The highest BCUT2D eigenvalue weighted by Gasteiger charge is 2.43. The first kappa shape index (κ1) is 18.1. The molecule has 1 aliphatic heterocycles. The summed E-state index contributed by atoms with van der Waals surface area (Å²) < 4.78 is 37.8. The van der Waals surface area contributed by atoms with Crippen molar-refractivity contribution in [3.8, 4) is 0 Å². The molecule has 0 aliphatic carbocycles. The Morgan fingerprint density at radius 3 is 2.23 bits per heavy atom. The Bertz CT molecular complexity index is 929. The first-order valence-corrected chi connectivity index (χ1v) is 9.64. The molecular weight excluding hydrogens is 359 g/mol. The molecule has 0 N–H and O–H groups in total. The fraction of sp³-hybridized carbons (Fsp3) is 0.222. The summed E-state index contributed by atoms with van der Waals surface area (Å²) in [6.07, 6.45) is 0. The SMILES string of the molecule is CC1C(=O)N(CCS(=O)(=O)c2ccccc2)C(=O)N1c1ccc(F)cc1. The maximum atomic E-state index is 13.1. The number of urea groups is 1. The van der Waals surface area contributed by atoms with Crippen molar-refractivity contribution in [2.45, 2.75) is 17.9 Å². The van der Waals surface area contributed by atoms with E-state index in [1.165, 1.54) is 41.3 Å². The van der Waals surface area contributed by atoms with Crippen molar-refractivity contribution in [3.63, 3.8) is 0 Å². The van der Waals surface area contributed by atoms with E-state index in [0.29, 0.717) is 5.69 Å². The van der Waals surface area contributed by atoms with Crippen LogP contribution in [0.4, 0.5) is 14.9 Å². The molecule has 1 atom stereocenters. The van der Waals surface area contributed by atoms with Crippen molar-refractivity contribution >= 4 is 27.5 Å². The summed E-state index contributed by atoms with van der Waals surface area (Å²) >= 11 is 0. The van der Waals surface area contributed by atoms with E-state index < -0.39 is 33.6 Å². The van der Waals surface area contributed by atoms with Gasteiger partial charge >= 0.3 is 6.03 Å². The van der Waals surface area contributed by atoms with Crippen LogP contribution in [-0.4, -0.2) is 43.6 Å². The lowest BCUT2D eigenvalue weighted by Crippen LogP contribution is -2.36. The number of carbonyl (C=O) groups is 2. The third-order valence-corrected chi connectivity index (χ3v) is 5.95. The van der Waals surface area contributed by atoms with E-state index in [2.05, 4.69) is 0 Å². The number of anilines is 1. The van der Waals surface area contributed by atoms with Crippen LogP contribution in [0.1, 0.15) is 6.92 Å². The Hall–Kier alpha value is -2.74. The molecule has 0 spiro atoms. The quantitative estimate of drug-likeness (QED) is 0.752. The number of nitrogens with zero attached hydrogens (tertiary/aromatic N) is 2. The van der Waals surface area contributed by atoms with E-state index in [9.17, 15) is 22.4 Å². The molecule has 3 amide bonds. The van der Waals surface area contributed by atoms with Crippen LogP contribution in [0.5, 0.6) is 0 Å². The van der Waals surface area contributed by atoms with Crippen molar-refractivity contribution < 1.29 is 22.4 Å². The van der Waals surface area contributed by atoms with Crippen LogP contribution in [0.25, 0.3) is 0 Å². The third-order valence-electron chi connectivity index (χ3n) is 4.24. The molecule has 0 bridgehead atoms. The van der Waals surface area contributed by atoms with E-state index in [4.69, 9.17) is 0 Å². The lowest BCUT2D eigenvalue weighted by atomic mass is 10.2. The average Bonchev–Trinajstić information content (AvgIpc) is 2.84. The summed E-state index contributed by atoms with van der Waals surface area (Å²) in [4.78, 5) is 27.3. The molecule has 1 aliphatic rings. The van der Waals surface area contributed by atoms with Gasteiger partial charge in [-0.25, -0.2) is 17.6 Å². The maximum Gasteiger partial charge on any atom is 0.332 e. The van der Waals surface area contributed by atoms with E-state index in [1.807, 2.05) is 0 Å². The lowest BCUT2D eigenvalue weighted by molar-refractivity contribution is -0.126. The normalized spacial score (nSPS) is 17.8. The van der Waals surface area contributed by atoms with Gasteiger partial charge in [0.2, 0.25) is 0 Å². The monoisotopic (exact) mass is 376 g/mol. The second-order valence-electron chi connectivity index (χ2n) is 5.93. The molecule has 0 radical (unpaired) electrons. The van der Waals surface area contributed by atoms with Gasteiger partial charge in [-0.05, 0) is 43.3 Å². The number of rotatable bonds is 5. The molecular formula is C18H17FN2O4S. The highest BCUT2D eigenvalue weighted by molar-refractivity contribution is 7.91. The summed E-state index contributed by atoms with van der Waals surface area (Å²) in [5, 5.41) is 0. The Labute approximate surface area is 150 Å². The summed E-state index contributed by atoms with van der Waals surface area (Å²) in [6, 6.07) is 11.7. The van der Waals surface area contributed by atoms with Gasteiger partial charge in [-0.2, -0.15) is 0 Å². The molecule has 0 aromatic heterocycles. The van der Waals surface area contributed by atoms with Gasteiger partial charge in [-0.15, -0.1) is 0 Å². The average molecular weight is 376 g/mol. The number of imide groups is 1. The summed E-state index contributed by atoms with van der Waals surface area (Å²) in [6.45, 7) is 1.31. The fourth-order valence-electron chi connectivity index (χ4n) is 2.82. The van der Waals surface area contributed by atoms with Crippen LogP contribution >= 0.6 is 0 Å². The van der Waals surface area contributed by atoms with Crippen molar-refractivity contribution in [1.29, 1.82) is 0 Å². The lowest BCUT2D eigenvalue weighted by Gasteiger charge is -2.19. The smallest absolute Gasteiger partial charge is 0.282 e. The molecule has 136 valence electrons. The predicted octanol–water partition coefficient (Wildman–Crippen LogP) is 2.46. The zero-order valence-corrected chi connectivity index (χ0v) is 14.8. The molecule has 0 saturated carbocycles. The van der Waals surface area contributed by atoms with E-state index in [1.54, 1.807) is 25.1 Å². The molecule has 1 heterocycles. The van der Waals surface area contributed by atoms with Crippen LogP contribution < -0.4 is 4.90 Å². The first-order chi connectivity index (χ1) is 12.3. The molecule has 6 nitrogen and oxygen atoms in total. The van der Waals surface area contributed by atoms with E-state index >= 15 is 0 Å². The number of hydrogen-bond donors (Lipinski definition) is 0. The molecule has 8 heteroatoms. The van der Waals surface area contributed by atoms with E-state index in [-0.39, 0.29) is 17.2 Å². The summed E-state index contributed by atoms with van der Waals surface area (Å²) in [5.41, 5.74) is 0.380. The van der Waals surface area contributed by atoms with Crippen molar-refractivity contribution in [3.05, 3.63) is 60.4 Å². The number of hydrogen-bond acceptors (Lipinski definition) is 4. The predicted molar refractivity (Wildman–Crippen MR) is 93.9 cm³/mol. The molecule has 1 unspecified atom stereocenters. The number of amides is 3. The Kier molecular flexibility index (Phi) is 4.78. The van der Waals surface area contributed by atoms with Crippen molar-refractivity contribution in [2.24, 2.45) is 0 Å². The Morgan fingerprint density at radius 2 is 1.62 bits per heavy atom. The summed E-state index contributed by atoms with van der Waals surface area (Å²) in [5.74, 6) is -1.30. The third kappa shape index (κ3) is 3.32. The molecule has 3 rings (SSSR count). The number of halogens is 1. The second kappa shape index (κ2) is 6.87. The number of sulfone groups is 1. The Morgan fingerprint density at radius 1 is 1.00 bits per heavy atom. The van der Waals surface area contributed by atoms with Gasteiger partial charge in [0, 0.05) is 12.2 Å². The van der Waals surface area contributed by atoms with Crippen LogP contribution in [0.2, 0.25) is 0 Å². The number of carbonyl (C=O) groups excluding carboxylic acids is 2. The van der Waals surface area contributed by atoms with Gasteiger partial charge in [0.25, 0.3) is 5.91 Å². The largest absolute Gasteiger partial charge is 0.332 e. The zero-order chi connectivity index (χ0) is 18.9. The van der Waals surface area contributed by atoms with Crippen LogP contribution in [-0.2, 0) is 14.6 Å². The minimum Gasteiger partial charge on any atom is -0.282 e. The second-order valence-corrected chi connectivity index (χ2v) is 8.04. The van der Waals surface area contributed by atoms with Gasteiger partial charge in [0.05, 0.1) is 10.6 Å². The van der Waals surface area contributed by atoms with Crippen LogP contribution in [0.3, 0.4) is 0 Å².